The highest BCUT2D eigenvalue weighted by molar-refractivity contribution is 6.13. The Morgan fingerprint density at radius 3 is 1.75 bits per heavy atom. The first kappa shape index (κ1) is 29.1. The molecule has 10 rings (SSSR count). The fourth-order valence-corrected chi connectivity index (χ4v) is 7.41. The van der Waals surface area contributed by atoms with Crippen molar-refractivity contribution in [1.29, 1.82) is 0 Å². The van der Waals surface area contributed by atoms with Gasteiger partial charge in [0.1, 0.15) is 0 Å². The van der Waals surface area contributed by atoms with Crippen LogP contribution in [-0.2, 0) is 0 Å². The van der Waals surface area contributed by atoms with E-state index in [2.05, 4.69) is 180 Å². The normalized spacial score (nSPS) is 11.5. The highest BCUT2D eigenvalue weighted by atomic mass is 15.0. The minimum Gasteiger partial charge on any atom is -0.309 e. The summed E-state index contributed by atoms with van der Waals surface area (Å²) in [6.07, 6.45) is 0. The quantitative estimate of drug-likeness (QED) is 0.186. The number of fused-ring (bicyclic) bond motifs is 5. The number of benzene rings is 8. The van der Waals surface area contributed by atoms with Crippen LogP contribution in [0, 0.1) is 0 Å². The second-order valence-electron chi connectivity index (χ2n) is 13.1. The maximum absolute atomic E-state index is 5.18. The Labute approximate surface area is 295 Å². The summed E-state index contributed by atoms with van der Waals surface area (Å²) in [7, 11) is 0. The topological polar surface area (TPSA) is 30.7 Å². The van der Waals surface area contributed by atoms with E-state index in [1.54, 1.807) is 0 Å². The van der Waals surface area contributed by atoms with Gasteiger partial charge in [-0.2, -0.15) is 0 Å². The standard InChI is InChI=1S/C48H31N3/c1-3-12-32(13-4-1)34-18-11-19-39(26-34)45-31-44(33-14-5-2-6-15-33)49-48(50-45)40-23-22-38-28-41(25-24-37(38)27-40)51-46-21-10-9-20-42(46)43-29-35-16-7-8-17-36(35)30-47(43)51/h1-31H. The largest absolute Gasteiger partial charge is 0.309 e. The van der Waals surface area contributed by atoms with Gasteiger partial charge in [-0.15, -0.1) is 0 Å². The molecule has 0 saturated heterocycles. The first-order valence-electron chi connectivity index (χ1n) is 17.3. The summed E-state index contributed by atoms with van der Waals surface area (Å²) < 4.78 is 2.40. The van der Waals surface area contributed by atoms with Gasteiger partial charge in [-0.05, 0) is 81.2 Å². The van der Waals surface area contributed by atoms with Gasteiger partial charge in [0.2, 0.25) is 0 Å². The van der Waals surface area contributed by atoms with Gasteiger partial charge in [0.25, 0.3) is 0 Å². The van der Waals surface area contributed by atoms with Crippen molar-refractivity contribution in [3.63, 3.8) is 0 Å². The van der Waals surface area contributed by atoms with E-state index in [1.165, 1.54) is 38.1 Å². The van der Waals surface area contributed by atoms with Crippen LogP contribution in [0.2, 0.25) is 0 Å². The fraction of sp³-hybridized carbons (Fsp3) is 0. The number of para-hydroxylation sites is 1. The SMILES string of the molecule is c1ccc(-c2cccc(-c3cc(-c4ccccc4)nc(-c4ccc5cc(-n6c7ccccc7c7cc8ccccc8cc76)ccc5c4)n3)c2)cc1. The van der Waals surface area contributed by atoms with Crippen molar-refractivity contribution in [2.24, 2.45) is 0 Å². The average Bonchev–Trinajstić information content (AvgIpc) is 3.53. The molecular weight excluding hydrogens is 619 g/mol. The van der Waals surface area contributed by atoms with E-state index in [-0.39, 0.29) is 0 Å². The molecule has 0 unspecified atom stereocenters. The number of nitrogens with zero attached hydrogens (tertiary/aromatic N) is 3. The van der Waals surface area contributed by atoms with Crippen molar-refractivity contribution < 1.29 is 0 Å². The van der Waals surface area contributed by atoms with Crippen LogP contribution in [0.3, 0.4) is 0 Å². The number of hydrogen-bond donors (Lipinski definition) is 0. The van der Waals surface area contributed by atoms with E-state index >= 15 is 0 Å². The molecule has 0 N–H and O–H groups in total. The maximum Gasteiger partial charge on any atom is 0.160 e. The molecule has 0 radical (unpaired) electrons. The predicted molar refractivity (Wildman–Crippen MR) is 213 cm³/mol. The van der Waals surface area contributed by atoms with Crippen LogP contribution in [-0.4, -0.2) is 14.5 Å². The zero-order chi connectivity index (χ0) is 33.7. The molecule has 238 valence electrons. The Morgan fingerprint density at radius 1 is 0.314 bits per heavy atom. The molecule has 0 aliphatic heterocycles. The van der Waals surface area contributed by atoms with E-state index < -0.39 is 0 Å². The molecule has 51 heavy (non-hydrogen) atoms. The van der Waals surface area contributed by atoms with Crippen molar-refractivity contribution in [2.45, 2.75) is 0 Å². The van der Waals surface area contributed by atoms with Gasteiger partial charge in [-0.1, -0.05) is 140 Å². The lowest BCUT2D eigenvalue weighted by molar-refractivity contribution is 1.18. The molecular formula is C48H31N3. The number of hydrogen-bond acceptors (Lipinski definition) is 2. The first-order valence-corrected chi connectivity index (χ1v) is 17.3. The van der Waals surface area contributed by atoms with E-state index in [0.29, 0.717) is 5.82 Å². The Balaban J connectivity index is 1.10. The minimum atomic E-state index is 0.705. The summed E-state index contributed by atoms with van der Waals surface area (Å²) in [4.78, 5) is 10.3. The van der Waals surface area contributed by atoms with E-state index in [4.69, 9.17) is 9.97 Å². The lowest BCUT2D eigenvalue weighted by atomic mass is 10.0. The zero-order valence-electron chi connectivity index (χ0n) is 27.7. The Bertz CT molecular complexity index is 2910. The van der Waals surface area contributed by atoms with Crippen molar-refractivity contribution in [2.75, 3.05) is 0 Å². The van der Waals surface area contributed by atoms with Crippen LogP contribution in [0.4, 0.5) is 0 Å². The molecule has 2 aromatic heterocycles. The van der Waals surface area contributed by atoms with Crippen LogP contribution in [0.1, 0.15) is 0 Å². The smallest absolute Gasteiger partial charge is 0.160 e. The molecule has 0 atom stereocenters. The van der Waals surface area contributed by atoms with Gasteiger partial charge in [-0.3, -0.25) is 0 Å². The van der Waals surface area contributed by atoms with Gasteiger partial charge in [0.05, 0.1) is 22.4 Å². The van der Waals surface area contributed by atoms with Crippen LogP contribution in [0.25, 0.3) is 94.1 Å². The van der Waals surface area contributed by atoms with Crippen molar-refractivity contribution >= 4 is 43.4 Å². The molecule has 10 aromatic rings. The van der Waals surface area contributed by atoms with Crippen LogP contribution < -0.4 is 0 Å². The summed E-state index contributed by atoms with van der Waals surface area (Å²) in [5, 5.41) is 7.32. The Kier molecular flexibility index (Phi) is 6.81. The summed E-state index contributed by atoms with van der Waals surface area (Å²) >= 11 is 0. The molecule has 0 amide bonds. The maximum atomic E-state index is 5.18. The Hall–Kier alpha value is -6.84. The molecule has 0 spiro atoms. The monoisotopic (exact) mass is 649 g/mol. The van der Waals surface area contributed by atoms with Crippen LogP contribution in [0.5, 0.6) is 0 Å². The van der Waals surface area contributed by atoms with E-state index in [0.717, 1.165) is 50.1 Å². The van der Waals surface area contributed by atoms with Gasteiger partial charge < -0.3 is 4.57 Å². The average molecular weight is 650 g/mol. The molecule has 8 aromatic carbocycles. The van der Waals surface area contributed by atoms with Gasteiger partial charge >= 0.3 is 0 Å². The summed E-state index contributed by atoms with van der Waals surface area (Å²) in [6, 6.07) is 66.8. The lowest BCUT2D eigenvalue weighted by Crippen LogP contribution is -1.96. The second-order valence-corrected chi connectivity index (χ2v) is 13.1. The highest BCUT2D eigenvalue weighted by Gasteiger charge is 2.15. The predicted octanol–water partition coefficient (Wildman–Crippen LogP) is 12.5. The third-order valence-corrected chi connectivity index (χ3v) is 9.94. The highest BCUT2D eigenvalue weighted by Crippen LogP contribution is 2.36. The van der Waals surface area contributed by atoms with Gasteiger partial charge in [-0.25, -0.2) is 9.97 Å². The molecule has 3 heteroatoms. The lowest BCUT2D eigenvalue weighted by Gasteiger charge is -2.12. The molecule has 0 fully saturated rings. The summed E-state index contributed by atoms with van der Waals surface area (Å²) in [5.74, 6) is 0.705. The molecule has 0 aliphatic carbocycles. The molecule has 0 aliphatic rings. The molecule has 0 saturated carbocycles. The van der Waals surface area contributed by atoms with Gasteiger partial charge in [0.15, 0.2) is 5.82 Å². The van der Waals surface area contributed by atoms with Crippen molar-refractivity contribution in [3.8, 4) is 50.7 Å². The minimum absolute atomic E-state index is 0.705. The summed E-state index contributed by atoms with van der Waals surface area (Å²) in [5.41, 5.74) is 10.8. The second kappa shape index (κ2) is 11.9. The van der Waals surface area contributed by atoms with Crippen LogP contribution >= 0.6 is 0 Å². The first-order chi connectivity index (χ1) is 25.2. The van der Waals surface area contributed by atoms with Gasteiger partial charge in [0, 0.05) is 33.2 Å². The third-order valence-electron chi connectivity index (χ3n) is 9.94. The van der Waals surface area contributed by atoms with E-state index in [1.807, 2.05) is 12.1 Å². The number of aromatic nitrogens is 3. The zero-order valence-corrected chi connectivity index (χ0v) is 27.7. The number of rotatable bonds is 5. The third kappa shape index (κ3) is 5.15. The Morgan fingerprint density at radius 2 is 0.922 bits per heavy atom. The molecule has 2 heterocycles. The van der Waals surface area contributed by atoms with Crippen LogP contribution in [0.15, 0.2) is 188 Å². The van der Waals surface area contributed by atoms with Crippen molar-refractivity contribution in [3.05, 3.63) is 188 Å². The fourth-order valence-electron chi connectivity index (χ4n) is 7.41. The van der Waals surface area contributed by atoms with E-state index in [9.17, 15) is 0 Å². The van der Waals surface area contributed by atoms with Crippen molar-refractivity contribution in [1.82, 2.24) is 14.5 Å². The molecule has 3 nitrogen and oxygen atoms in total. The molecule has 0 bridgehead atoms. The summed E-state index contributed by atoms with van der Waals surface area (Å²) in [6.45, 7) is 0.